The summed E-state index contributed by atoms with van der Waals surface area (Å²) in [5.41, 5.74) is -0.0555. The molecule has 25 heavy (non-hydrogen) atoms. The van der Waals surface area contributed by atoms with E-state index in [1.54, 1.807) is 6.92 Å². The second-order valence-corrected chi connectivity index (χ2v) is 5.03. The maximum atomic E-state index is 12.3. The van der Waals surface area contributed by atoms with E-state index in [4.69, 9.17) is 5.11 Å². The number of nitro benzene ring substituents is 1. The molecule has 0 fully saturated rings. The smallest absolute Gasteiger partial charge is 0.365 e. The Morgan fingerprint density at radius 2 is 1.96 bits per heavy atom. The van der Waals surface area contributed by atoms with Crippen LogP contribution in [0.1, 0.15) is 16.2 Å². The first kappa shape index (κ1) is 20.4. The number of hydrogen-bond acceptors (Lipinski definition) is 6. The van der Waals surface area contributed by atoms with Crippen LogP contribution in [0.15, 0.2) is 30.5 Å². The van der Waals surface area contributed by atoms with Gasteiger partial charge in [0.25, 0.3) is 11.5 Å². The molecule has 2 aromatic rings. The molecule has 1 heterocycles. The van der Waals surface area contributed by atoms with Crippen LogP contribution in [-0.4, -0.2) is 31.9 Å². The Balaban J connectivity index is 0.00000312. The number of hydrogen-bond donors (Lipinski definition) is 1. The third-order valence-corrected chi connectivity index (χ3v) is 3.56. The Bertz CT molecular complexity index is 820. The van der Waals surface area contributed by atoms with E-state index in [1.165, 1.54) is 33.5 Å². The molecule has 10 nitrogen and oxygen atoms in total. The molecule has 11 heteroatoms. The summed E-state index contributed by atoms with van der Waals surface area (Å²) in [7, 11) is 0. The van der Waals surface area contributed by atoms with Crippen molar-refractivity contribution in [3.05, 3.63) is 62.1 Å². The topological polar surface area (TPSA) is 132 Å². The average molecular weight is 415 g/mol. The number of carbonyl (C=O) groups is 1. The zero-order chi connectivity index (χ0) is 17.9. The minimum atomic E-state index is -0.600. The van der Waals surface area contributed by atoms with Crippen LogP contribution in [0.2, 0.25) is 0 Å². The fraction of sp³-hybridized carbons (Fsp3) is 0.286. The minimum Gasteiger partial charge on any atom is -1.00 e. The largest absolute Gasteiger partial charge is 1.00 e. The number of nitrogens with zero attached hydrogens (tertiary/aromatic N) is 4. The molecule has 0 saturated carbocycles. The van der Waals surface area contributed by atoms with Gasteiger partial charge in [0.2, 0.25) is 5.78 Å². The first-order valence-corrected chi connectivity index (χ1v) is 6.97. The van der Waals surface area contributed by atoms with E-state index in [0.717, 1.165) is 6.07 Å². The lowest BCUT2D eigenvalue weighted by Gasteiger charge is -2.01. The number of halogens is 1. The number of aliphatic hydroxyl groups excluding tert-OH is 1. The zero-order valence-electron chi connectivity index (χ0n) is 13.2. The van der Waals surface area contributed by atoms with Gasteiger partial charge >= 0.3 is 5.82 Å². The lowest BCUT2D eigenvalue weighted by Crippen LogP contribution is -3.00. The number of rotatable bonds is 7. The van der Waals surface area contributed by atoms with Crippen LogP contribution >= 0.6 is 0 Å². The minimum absolute atomic E-state index is 0. The molecule has 0 unspecified atom stereocenters. The monoisotopic (exact) mass is 414 g/mol. The van der Waals surface area contributed by atoms with E-state index in [2.05, 4.69) is 0 Å². The van der Waals surface area contributed by atoms with E-state index in [-0.39, 0.29) is 53.7 Å². The maximum Gasteiger partial charge on any atom is 0.365 e. The highest BCUT2D eigenvalue weighted by molar-refractivity contribution is 5.95. The Morgan fingerprint density at radius 3 is 2.52 bits per heavy atom. The van der Waals surface area contributed by atoms with E-state index in [1.807, 2.05) is 0 Å². The second kappa shape index (κ2) is 8.44. The number of benzene rings is 1. The van der Waals surface area contributed by atoms with E-state index in [0.29, 0.717) is 5.82 Å². The predicted molar refractivity (Wildman–Crippen MR) is 80.5 cm³/mol. The van der Waals surface area contributed by atoms with Gasteiger partial charge in [-0.2, -0.15) is 4.57 Å². The number of aromatic nitrogens is 2. The number of Topliss-reactive ketones (excluding diaryl/α,β-unsaturated/α-hetero) is 1. The van der Waals surface area contributed by atoms with Gasteiger partial charge in [-0.3, -0.25) is 14.9 Å². The number of imidazole rings is 1. The Hall–Kier alpha value is -2.66. The number of aliphatic hydroxyl groups is 1. The third kappa shape index (κ3) is 4.45. The molecule has 0 amide bonds. The van der Waals surface area contributed by atoms with Gasteiger partial charge in [-0.25, -0.2) is 4.57 Å². The first-order chi connectivity index (χ1) is 11.3. The number of non-ortho nitro benzene ring substituents is 1. The molecule has 0 bridgehead atoms. The molecule has 0 radical (unpaired) electrons. The van der Waals surface area contributed by atoms with Crippen LogP contribution in [0, 0.1) is 27.2 Å². The molecule has 1 N–H and O–H groups in total. The van der Waals surface area contributed by atoms with Gasteiger partial charge in [0.15, 0.2) is 12.7 Å². The third-order valence-electron chi connectivity index (χ3n) is 3.56. The summed E-state index contributed by atoms with van der Waals surface area (Å²) in [6.07, 6.45) is 1.21. The normalized spacial score (nSPS) is 10.2. The first-order valence-electron chi connectivity index (χ1n) is 6.97. The highest BCUT2D eigenvalue weighted by atomic mass is 79.9. The average Bonchev–Trinajstić information content (AvgIpc) is 2.85. The molecule has 0 aliphatic rings. The molecule has 0 aliphatic carbocycles. The molecule has 1 aromatic heterocycles. The van der Waals surface area contributed by atoms with Gasteiger partial charge in [-0.05, 0) is 4.92 Å². The number of ketones is 1. The van der Waals surface area contributed by atoms with Gasteiger partial charge in [0.05, 0.1) is 11.5 Å². The Labute approximate surface area is 152 Å². The molecular formula is C14H15BrN4O6. The van der Waals surface area contributed by atoms with Gasteiger partial charge in [0.1, 0.15) is 6.54 Å². The molecule has 2 rings (SSSR count). The van der Waals surface area contributed by atoms with Crippen molar-refractivity contribution in [3.63, 3.8) is 0 Å². The predicted octanol–water partition coefficient (Wildman–Crippen LogP) is -2.22. The molecule has 0 saturated heterocycles. The summed E-state index contributed by atoms with van der Waals surface area (Å²) in [5.74, 6) is -0.231. The highest BCUT2D eigenvalue weighted by Crippen LogP contribution is 2.15. The van der Waals surface area contributed by atoms with Crippen LogP contribution in [0.5, 0.6) is 0 Å². The van der Waals surface area contributed by atoms with Crippen LogP contribution in [-0.2, 0) is 13.1 Å². The van der Waals surface area contributed by atoms with Gasteiger partial charge < -0.3 is 32.2 Å². The summed E-state index contributed by atoms with van der Waals surface area (Å²) < 4.78 is 2.68. The number of carbonyl (C=O) groups excluding carboxylic acids is 1. The van der Waals surface area contributed by atoms with Gasteiger partial charge in [-0.1, -0.05) is 12.1 Å². The van der Waals surface area contributed by atoms with E-state index in [9.17, 15) is 25.0 Å². The van der Waals surface area contributed by atoms with Crippen molar-refractivity contribution >= 4 is 17.3 Å². The van der Waals surface area contributed by atoms with Crippen LogP contribution in [0.4, 0.5) is 11.5 Å². The fourth-order valence-corrected chi connectivity index (χ4v) is 2.34. The molecule has 0 atom stereocenters. The lowest BCUT2D eigenvalue weighted by molar-refractivity contribution is -0.689. The SMILES string of the molecule is Cc1n(CCO)c([N+](=O)[O-])c[n+]1CC(=O)c1cccc([N+](=O)[O-])c1.[Br-]. The fourth-order valence-electron chi connectivity index (χ4n) is 2.34. The molecular weight excluding hydrogens is 400 g/mol. The molecule has 0 spiro atoms. The molecule has 134 valence electrons. The highest BCUT2D eigenvalue weighted by Gasteiger charge is 2.25. The molecule has 1 aromatic carbocycles. The van der Waals surface area contributed by atoms with Crippen molar-refractivity contribution < 1.29 is 41.3 Å². The number of nitro groups is 2. The Morgan fingerprint density at radius 1 is 1.28 bits per heavy atom. The zero-order valence-corrected chi connectivity index (χ0v) is 14.7. The summed E-state index contributed by atoms with van der Waals surface area (Å²) in [5, 5.41) is 30.9. The van der Waals surface area contributed by atoms with Crippen LogP contribution in [0.3, 0.4) is 0 Å². The van der Waals surface area contributed by atoms with E-state index < -0.39 is 15.6 Å². The van der Waals surface area contributed by atoms with Crippen LogP contribution < -0.4 is 21.5 Å². The van der Waals surface area contributed by atoms with Crippen molar-refractivity contribution in [2.75, 3.05) is 6.61 Å². The van der Waals surface area contributed by atoms with Crippen molar-refractivity contribution in [2.24, 2.45) is 0 Å². The lowest BCUT2D eigenvalue weighted by atomic mass is 10.1. The summed E-state index contributed by atoms with van der Waals surface area (Å²) in [6, 6.07) is 5.29. The van der Waals surface area contributed by atoms with Gasteiger partial charge in [0, 0.05) is 24.6 Å². The van der Waals surface area contributed by atoms with Crippen molar-refractivity contribution in [1.29, 1.82) is 0 Å². The molecule has 0 aliphatic heterocycles. The van der Waals surface area contributed by atoms with Crippen molar-refractivity contribution in [1.82, 2.24) is 4.57 Å². The quantitative estimate of drug-likeness (QED) is 0.236. The summed E-state index contributed by atoms with van der Waals surface area (Å²) in [6.45, 7) is 1.13. The van der Waals surface area contributed by atoms with Crippen molar-refractivity contribution in [3.8, 4) is 0 Å². The summed E-state index contributed by atoms with van der Waals surface area (Å²) in [4.78, 5) is 33.0. The van der Waals surface area contributed by atoms with E-state index >= 15 is 0 Å². The van der Waals surface area contributed by atoms with Gasteiger partial charge in [-0.15, -0.1) is 0 Å². The van der Waals surface area contributed by atoms with Crippen LogP contribution in [0.25, 0.3) is 0 Å². The maximum absolute atomic E-state index is 12.3. The Kier molecular flexibility index (Phi) is 6.88. The second-order valence-electron chi connectivity index (χ2n) is 5.03. The van der Waals surface area contributed by atoms with Crippen molar-refractivity contribution in [2.45, 2.75) is 20.0 Å². The standard InChI is InChI=1S/C14H15N4O6.BrH/c1-10-15(9-14(18(23)24)16(10)5-6-19)8-13(20)11-3-2-4-12(7-11)17(21)22;/h2-4,7,9,19H,5-6,8H2,1H3;1H/q+1;/p-1. The summed E-state index contributed by atoms with van der Waals surface area (Å²) >= 11 is 0.